The van der Waals surface area contributed by atoms with E-state index in [9.17, 15) is 18.0 Å². The van der Waals surface area contributed by atoms with Gasteiger partial charge in [0.15, 0.2) is 0 Å². The van der Waals surface area contributed by atoms with Gasteiger partial charge in [0.05, 0.1) is 15.9 Å². The molecule has 1 saturated carbocycles. The second-order valence-electron chi connectivity index (χ2n) is 9.68. The van der Waals surface area contributed by atoms with E-state index in [4.69, 9.17) is 0 Å². The summed E-state index contributed by atoms with van der Waals surface area (Å²) in [5, 5.41) is 0. The molecule has 3 aromatic rings. The summed E-state index contributed by atoms with van der Waals surface area (Å²) < 4.78 is 29.5. The number of nitrogens with one attached hydrogen (secondary N) is 1. The molecule has 0 spiro atoms. The molecule has 2 fully saturated rings. The maximum Gasteiger partial charge on any atom is 0.326 e. The lowest BCUT2D eigenvalue weighted by Gasteiger charge is -2.32. The van der Waals surface area contributed by atoms with E-state index in [2.05, 4.69) is 4.98 Å². The molecule has 0 bridgehead atoms. The third-order valence-corrected chi connectivity index (χ3v) is 9.53. The van der Waals surface area contributed by atoms with E-state index in [1.54, 1.807) is 40.8 Å². The highest BCUT2D eigenvalue weighted by molar-refractivity contribution is 7.89. The molecule has 5 rings (SSSR count). The summed E-state index contributed by atoms with van der Waals surface area (Å²) in [6.07, 6.45) is 6.45. The summed E-state index contributed by atoms with van der Waals surface area (Å²) >= 11 is 0. The molecule has 1 amide bonds. The Labute approximate surface area is 205 Å². The Kier molecular flexibility index (Phi) is 6.55. The first-order chi connectivity index (χ1) is 16.9. The normalized spacial score (nSPS) is 18.4. The van der Waals surface area contributed by atoms with Gasteiger partial charge in [-0.05, 0) is 62.1 Å². The fraction of sp³-hybridized carbons (Fsp3) is 0.462. The Morgan fingerprint density at radius 2 is 1.60 bits per heavy atom. The SMILES string of the molecule is CN(C1CCCCC1)S(=O)(=O)c1ccc(C(=O)N2CCC(n3c(=O)[nH]c4ccccc43)CC2)cc1. The van der Waals surface area contributed by atoms with Crippen LogP contribution in [0.25, 0.3) is 11.0 Å². The topological polar surface area (TPSA) is 95.5 Å². The van der Waals surface area contributed by atoms with Gasteiger partial charge in [-0.15, -0.1) is 0 Å². The van der Waals surface area contributed by atoms with Crippen LogP contribution < -0.4 is 5.69 Å². The van der Waals surface area contributed by atoms with E-state index in [0.717, 1.165) is 43.1 Å². The van der Waals surface area contributed by atoms with E-state index in [1.807, 2.05) is 24.3 Å². The van der Waals surface area contributed by atoms with Crippen LogP contribution >= 0.6 is 0 Å². The van der Waals surface area contributed by atoms with Crippen LogP contribution in [0.3, 0.4) is 0 Å². The largest absolute Gasteiger partial charge is 0.338 e. The van der Waals surface area contributed by atoms with Gasteiger partial charge in [0.1, 0.15) is 0 Å². The Bertz CT molecular complexity index is 1360. The van der Waals surface area contributed by atoms with Crippen molar-refractivity contribution in [1.29, 1.82) is 0 Å². The van der Waals surface area contributed by atoms with Crippen molar-refractivity contribution in [2.24, 2.45) is 0 Å². The van der Waals surface area contributed by atoms with Gasteiger partial charge in [0.25, 0.3) is 5.91 Å². The number of hydrogen-bond donors (Lipinski definition) is 1. The molecule has 9 heteroatoms. The van der Waals surface area contributed by atoms with Crippen molar-refractivity contribution in [3.05, 3.63) is 64.6 Å². The molecule has 1 aliphatic heterocycles. The number of likely N-dealkylation sites (tertiary alicyclic amines) is 1. The maximum atomic E-state index is 13.1. The van der Waals surface area contributed by atoms with E-state index in [-0.39, 0.29) is 28.6 Å². The number of hydrogen-bond acceptors (Lipinski definition) is 4. The first-order valence-electron chi connectivity index (χ1n) is 12.4. The zero-order valence-corrected chi connectivity index (χ0v) is 20.8. The van der Waals surface area contributed by atoms with Crippen LogP contribution in [0.1, 0.15) is 61.3 Å². The molecule has 35 heavy (non-hydrogen) atoms. The van der Waals surface area contributed by atoms with Crippen LogP contribution in [0.2, 0.25) is 0 Å². The molecule has 2 heterocycles. The van der Waals surface area contributed by atoms with Crippen LogP contribution in [-0.4, -0.2) is 59.3 Å². The molecule has 1 saturated heterocycles. The molecule has 2 aliphatic rings. The third-order valence-electron chi connectivity index (χ3n) is 7.61. The van der Waals surface area contributed by atoms with Crippen LogP contribution in [0.15, 0.2) is 58.2 Å². The highest BCUT2D eigenvalue weighted by Crippen LogP contribution is 2.28. The minimum atomic E-state index is -3.59. The Morgan fingerprint density at radius 1 is 0.943 bits per heavy atom. The molecule has 2 aromatic carbocycles. The number of amides is 1. The van der Waals surface area contributed by atoms with E-state index in [0.29, 0.717) is 31.5 Å². The second-order valence-corrected chi connectivity index (χ2v) is 11.7. The van der Waals surface area contributed by atoms with E-state index in [1.165, 1.54) is 4.31 Å². The minimum absolute atomic E-state index is 0.0329. The number of aromatic amines is 1. The molecule has 0 atom stereocenters. The molecule has 8 nitrogen and oxygen atoms in total. The number of aromatic nitrogens is 2. The second kappa shape index (κ2) is 9.62. The summed E-state index contributed by atoms with van der Waals surface area (Å²) in [6, 6.07) is 14.0. The van der Waals surface area contributed by atoms with Crippen molar-refractivity contribution in [2.75, 3.05) is 20.1 Å². The van der Waals surface area contributed by atoms with Gasteiger partial charge in [-0.3, -0.25) is 9.36 Å². The summed E-state index contributed by atoms with van der Waals surface area (Å²) in [4.78, 5) is 30.5. The lowest BCUT2D eigenvalue weighted by atomic mass is 9.96. The van der Waals surface area contributed by atoms with Gasteiger partial charge in [-0.1, -0.05) is 31.4 Å². The van der Waals surface area contributed by atoms with Crippen molar-refractivity contribution in [2.45, 2.75) is 61.9 Å². The number of imidazole rings is 1. The first kappa shape index (κ1) is 23.8. The maximum absolute atomic E-state index is 13.1. The van der Waals surface area contributed by atoms with E-state index >= 15 is 0 Å². The minimum Gasteiger partial charge on any atom is -0.338 e. The highest BCUT2D eigenvalue weighted by atomic mass is 32.2. The fourth-order valence-electron chi connectivity index (χ4n) is 5.52. The van der Waals surface area contributed by atoms with Gasteiger partial charge in [-0.25, -0.2) is 13.2 Å². The van der Waals surface area contributed by atoms with Gasteiger partial charge in [0, 0.05) is 37.8 Å². The molecule has 1 N–H and O–H groups in total. The third kappa shape index (κ3) is 4.54. The van der Waals surface area contributed by atoms with Crippen LogP contribution in [0, 0.1) is 0 Å². The van der Waals surface area contributed by atoms with Gasteiger partial charge in [0.2, 0.25) is 10.0 Å². The molecule has 1 aromatic heterocycles. The van der Waals surface area contributed by atoms with Crippen molar-refractivity contribution >= 4 is 27.0 Å². The molecule has 1 aliphatic carbocycles. The number of rotatable bonds is 5. The number of benzene rings is 2. The average molecular weight is 497 g/mol. The van der Waals surface area contributed by atoms with Crippen LogP contribution in [0.4, 0.5) is 0 Å². The zero-order valence-electron chi connectivity index (χ0n) is 20.0. The van der Waals surface area contributed by atoms with Crippen LogP contribution in [0.5, 0.6) is 0 Å². The lowest BCUT2D eigenvalue weighted by Crippen LogP contribution is -2.40. The number of fused-ring (bicyclic) bond motifs is 1. The van der Waals surface area contributed by atoms with Crippen LogP contribution in [-0.2, 0) is 10.0 Å². The van der Waals surface area contributed by atoms with Gasteiger partial charge < -0.3 is 9.88 Å². The van der Waals surface area contributed by atoms with Gasteiger partial charge >= 0.3 is 5.69 Å². The number of carbonyl (C=O) groups is 1. The average Bonchev–Trinajstić information content (AvgIpc) is 3.24. The highest BCUT2D eigenvalue weighted by Gasteiger charge is 2.30. The lowest BCUT2D eigenvalue weighted by molar-refractivity contribution is 0.0695. The number of para-hydroxylation sites is 2. The molecule has 0 unspecified atom stereocenters. The predicted molar refractivity (Wildman–Crippen MR) is 135 cm³/mol. The molecule has 0 radical (unpaired) electrons. The monoisotopic (exact) mass is 496 g/mol. The van der Waals surface area contributed by atoms with Crippen molar-refractivity contribution in [1.82, 2.24) is 18.8 Å². The Morgan fingerprint density at radius 3 is 2.29 bits per heavy atom. The van der Waals surface area contributed by atoms with Gasteiger partial charge in [-0.2, -0.15) is 4.31 Å². The number of nitrogens with zero attached hydrogens (tertiary/aromatic N) is 3. The summed E-state index contributed by atoms with van der Waals surface area (Å²) in [5.74, 6) is -0.112. The Hall–Kier alpha value is -2.91. The summed E-state index contributed by atoms with van der Waals surface area (Å²) in [5.41, 5.74) is 2.07. The molecule has 186 valence electrons. The molecular formula is C26H32N4O4S. The summed E-state index contributed by atoms with van der Waals surface area (Å²) in [7, 11) is -1.93. The standard InChI is InChI=1S/C26H32N4O4S/c1-28(20-7-3-2-4-8-20)35(33,34)22-13-11-19(12-14-22)25(31)29-17-15-21(16-18-29)30-24-10-6-5-9-23(24)27-26(30)32/h5-6,9-14,20-21H,2-4,7-8,15-18H2,1H3,(H,27,32). The fourth-order valence-corrected chi connectivity index (χ4v) is 6.94. The van der Waals surface area contributed by atoms with E-state index < -0.39 is 10.0 Å². The number of H-pyrrole nitrogens is 1. The number of carbonyl (C=O) groups excluding carboxylic acids is 1. The number of sulfonamides is 1. The van der Waals surface area contributed by atoms with Crippen molar-refractivity contribution in [3.63, 3.8) is 0 Å². The molecular weight excluding hydrogens is 464 g/mol. The first-order valence-corrected chi connectivity index (χ1v) is 13.9. The number of piperidine rings is 1. The zero-order chi connectivity index (χ0) is 24.6. The predicted octanol–water partition coefficient (Wildman–Crippen LogP) is 3.76. The Balaban J connectivity index is 1.25. The van der Waals surface area contributed by atoms with Crippen molar-refractivity contribution in [3.8, 4) is 0 Å². The smallest absolute Gasteiger partial charge is 0.326 e. The van der Waals surface area contributed by atoms with Crippen molar-refractivity contribution < 1.29 is 13.2 Å². The summed E-state index contributed by atoms with van der Waals surface area (Å²) in [6.45, 7) is 1.08. The quantitative estimate of drug-likeness (QED) is 0.582.